The highest BCUT2D eigenvalue weighted by Gasteiger charge is 2.26. The zero-order chi connectivity index (χ0) is 13.0. The van der Waals surface area contributed by atoms with E-state index in [1.807, 2.05) is 12.1 Å². The summed E-state index contributed by atoms with van der Waals surface area (Å²) in [5.74, 6) is 0. The molecular weight excluding hydrogens is 292 g/mol. The number of hydrogen-bond donors (Lipinski definition) is 1. The van der Waals surface area contributed by atoms with Crippen LogP contribution < -0.4 is 5.32 Å². The van der Waals surface area contributed by atoms with Crippen molar-refractivity contribution >= 4 is 21.6 Å². The third kappa shape index (κ3) is 3.97. The molecule has 0 radical (unpaired) electrons. The second-order valence-corrected chi connectivity index (χ2v) is 6.15. The van der Waals surface area contributed by atoms with Crippen molar-refractivity contribution in [3.63, 3.8) is 0 Å². The van der Waals surface area contributed by atoms with Gasteiger partial charge in [0.1, 0.15) is 0 Å². The van der Waals surface area contributed by atoms with Crippen molar-refractivity contribution in [1.82, 2.24) is 4.90 Å². The maximum Gasteiger partial charge on any atom is 0.0753 e. The minimum atomic E-state index is -0.00835. The van der Waals surface area contributed by atoms with Crippen molar-refractivity contribution in [2.24, 2.45) is 0 Å². The van der Waals surface area contributed by atoms with E-state index in [0.29, 0.717) is 0 Å². The van der Waals surface area contributed by atoms with Gasteiger partial charge in [-0.1, -0.05) is 12.1 Å². The first-order valence-corrected chi connectivity index (χ1v) is 7.21. The monoisotopic (exact) mass is 312 g/mol. The van der Waals surface area contributed by atoms with Crippen LogP contribution in [-0.2, 0) is 4.74 Å². The van der Waals surface area contributed by atoms with E-state index in [9.17, 15) is 0 Å². The quantitative estimate of drug-likeness (QED) is 0.925. The smallest absolute Gasteiger partial charge is 0.0753 e. The first-order chi connectivity index (χ1) is 8.57. The zero-order valence-corrected chi connectivity index (χ0v) is 12.7. The Morgan fingerprint density at radius 2 is 2.17 bits per heavy atom. The van der Waals surface area contributed by atoms with E-state index in [1.54, 1.807) is 0 Å². The Morgan fingerprint density at radius 1 is 1.39 bits per heavy atom. The third-order valence-corrected chi connectivity index (χ3v) is 3.81. The average molecular weight is 313 g/mol. The lowest BCUT2D eigenvalue weighted by Gasteiger charge is -2.38. The molecule has 0 bridgehead atoms. The van der Waals surface area contributed by atoms with E-state index in [-0.39, 0.29) is 5.60 Å². The Kier molecular flexibility index (Phi) is 4.65. The molecule has 18 heavy (non-hydrogen) atoms. The number of halogens is 1. The molecule has 0 unspecified atom stereocenters. The minimum absolute atomic E-state index is 0.00835. The second-order valence-electron chi connectivity index (χ2n) is 5.29. The summed E-state index contributed by atoms with van der Waals surface area (Å²) in [4.78, 5) is 2.45. The molecule has 0 saturated carbocycles. The first kappa shape index (κ1) is 13.8. The number of ether oxygens (including phenoxy) is 1. The second kappa shape index (κ2) is 6.04. The van der Waals surface area contributed by atoms with Gasteiger partial charge in [0, 0.05) is 36.3 Å². The fourth-order valence-corrected chi connectivity index (χ4v) is 2.68. The number of rotatable bonds is 4. The van der Waals surface area contributed by atoms with Gasteiger partial charge in [0.15, 0.2) is 0 Å². The summed E-state index contributed by atoms with van der Waals surface area (Å²) in [6, 6.07) is 8.22. The fourth-order valence-electron chi connectivity index (χ4n) is 2.26. The van der Waals surface area contributed by atoms with Gasteiger partial charge < -0.3 is 10.1 Å². The summed E-state index contributed by atoms with van der Waals surface area (Å²) in [5.41, 5.74) is 1.15. The maximum absolute atomic E-state index is 5.71. The average Bonchev–Trinajstić information content (AvgIpc) is 2.30. The summed E-state index contributed by atoms with van der Waals surface area (Å²) in [7, 11) is 0. The lowest BCUT2D eigenvalue weighted by Crippen LogP contribution is -2.49. The summed E-state index contributed by atoms with van der Waals surface area (Å²) < 4.78 is 6.83. The molecule has 4 heteroatoms. The van der Waals surface area contributed by atoms with Gasteiger partial charge in [-0.3, -0.25) is 4.90 Å². The first-order valence-electron chi connectivity index (χ1n) is 6.41. The number of hydrogen-bond acceptors (Lipinski definition) is 3. The van der Waals surface area contributed by atoms with Gasteiger partial charge in [-0.2, -0.15) is 0 Å². The molecule has 1 fully saturated rings. The predicted molar refractivity (Wildman–Crippen MR) is 79.1 cm³/mol. The number of benzene rings is 1. The highest BCUT2D eigenvalue weighted by Crippen LogP contribution is 2.21. The molecule has 1 saturated heterocycles. The molecule has 1 aromatic rings. The lowest BCUT2D eigenvalue weighted by molar-refractivity contribution is -0.0848. The Hall–Kier alpha value is -0.580. The molecule has 0 amide bonds. The minimum Gasteiger partial charge on any atom is -0.383 e. The van der Waals surface area contributed by atoms with Gasteiger partial charge in [0.25, 0.3) is 0 Å². The van der Waals surface area contributed by atoms with E-state index in [0.717, 1.165) is 42.9 Å². The lowest BCUT2D eigenvalue weighted by atomic mass is 10.1. The van der Waals surface area contributed by atoms with E-state index >= 15 is 0 Å². The van der Waals surface area contributed by atoms with Crippen LogP contribution in [0.15, 0.2) is 28.7 Å². The highest BCUT2D eigenvalue weighted by atomic mass is 79.9. The predicted octanol–water partition coefficient (Wildman–Crippen LogP) is 2.97. The molecule has 1 aliphatic heterocycles. The number of para-hydroxylation sites is 1. The Labute approximate surface area is 118 Å². The number of morpholine rings is 1. The van der Waals surface area contributed by atoms with Gasteiger partial charge in [-0.15, -0.1) is 0 Å². The van der Waals surface area contributed by atoms with E-state index in [2.05, 4.69) is 52.1 Å². The van der Waals surface area contributed by atoms with E-state index < -0.39 is 0 Å². The SMILES string of the molecule is CC1(C)CN(CCNc2ccccc2Br)CCO1. The van der Waals surface area contributed by atoms with Crippen LogP contribution in [0, 0.1) is 0 Å². The topological polar surface area (TPSA) is 24.5 Å². The molecule has 3 nitrogen and oxygen atoms in total. The largest absolute Gasteiger partial charge is 0.383 e. The fraction of sp³-hybridized carbons (Fsp3) is 0.571. The molecule has 100 valence electrons. The normalized spacial score (nSPS) is 19.7. The molecule has 0 aromatic heterocycles. The van der Waals surface area contributed by atoms with Crippen LogP contribution in [-0.4, -0.2) is 43.3 Å². The molecule has 1 N–H and O–H groups in total. The third-order valence-electron chi connectivity index (χ3n) is 3.12. The van der Waals surface area contributed by atoms with Crippen molar-refractivity contribution in [2.75, 3.05) is 38.1 Å². The van der Waals surface area contributed by atoms with Gasteiger partial charge in [-0.05, 0) is 41.9 Å². The molecule has 0 aliphatic carbocycles. The summed E-state index contributed by atoms with van der Waals surface area (Å²) in [6.07, 6.45) is 0. The zero-order valence-electron chi connectivity index (χ0n) is 11.1. The summed E-state index contributed by atoms with van der Waals surface area (Å²) in [6.45, 7) is 9.18. The maximum atomic E-state index is 5.71. The molecule has 1 heterocycles. The van der Waals surface area contributed by atoms with Crippen molar-refractivity contribution < 1.29 is 4.74 Å². The highest BCUT2D eigenvalue weighted by molar-refractivity contribution is 9.10. The van der Waals surface area contributed by atoms with Crippen LogP contribution in [0.1, 0.15) is 13.8 Å². The van der Waals surface area contributed by atoms with Crippen LogP contribution in [0.2, 0.25) is 0 Å². The van der Waals surface area contributed by atoms with Crippen molar-refractivity contribution in [2.45, 2.75) is 19.4 Å². The summed E-state index contributed by atoms with van der Waals surface area (Å²) in [5, 5.41) is 3.46. The Morgan fingerprint density at radius 3 is 2.89 bits per heavy atom. The molecular formula is C14H21BrN2O. The standard InChI is InChI=1S/C14H21BrN2O/c1-14(2)11-17(9-10-18-14)8-7-16-13-6-4-3-5-12(13)15/h3-6,16H,7-11H2,1-2H3. The van der Waals surface area contributed by atoms with E-state index in [4.69, 9.17) is 4.74 Å². The van der Waals surface area contributed by atoms with Crippen molar-refractivity contribution in [3.05, 3.63) is 28.7 Å². The van der Waals surface area contributed by atoms with Crippen molar-refractivity contribution in [1.29, 1.82) is 0 Å². The molecule has 1 aliphatic rings. The molecule has 0 atom stereocenters. The van der Waals surface area contributed by atoms with Gasteiger partial charge in [-0.25, -0.2) is 0 Å². The Bertz CT molecular complexity index is 395. The summed E-state index contributed by atoms with van der Waals surface area (Å²) >= 11 is 3.54. The van der Waals surface area contributed by atoms with Crippen molar-refractivity contribution in [3.8, 4) is 0 Å². The van der Waals surface area contributed by atoms with Crippen LogP contribution in [0.25, 0.3) is 0 Å². The van der Waals surface area contributed by atoms with Crippen LogP contribution >= 0.6 is 15.9 Å². The number of anilines is 1. The van der Waals surface area contributed by atoms with Gasteiger partial charge in [0.2, 0.25) is 0 Å². The van der Waals surface area contributed by atoms with Crippen LogP contribution in [0.4, 0.5) is 5.69 Å². The molecule has 1 aromatic carbocycles. The number of nitrogens with one attached hydrogen (secondary N) is 1. The molecule has 0 spiro atoms. The van der Waals surface area contributed by atoms with Crippen LogP contribution in [0.5, 0.6) is 0 Å². The van der Waals surface area contributed by atoms with Crippen LogP contribution in [0.3, 0.4) is 0 Å². The molecule has 2 rings (SSSR count). The Balaban J connectivity index is 1.77. The van der Waals surface area contributed by atoms with E-state index in [1.165, 1.54) is 0 Å². The van der Waals surface area contributed by atoms with Gasteiger partial charge >= 0.3 is 0 Å². The number of nitrogens with zero attached hydrogens (tertiary/aromatic N) is 1. The van der Waals surface area contributed by atoms with Gasteiger partial charge in [0.05, 0.1) is 12.2 Å².